The second kappa shape index (κ2) is 7.70. The summed E-state index contributed by atoms with van der Waals surface area (Å²) in [4.78, 5) is 10.6. The number of hydrogen-bond donors (Lipinski definition) is 0. The quantitative estimate of drug-likeness (QED) is 0.283. The second-order valence-electron chi connectivity index (χ2n) is 8.64. The number of thiophene rings is 2. The lowest BCUT2D eigenvalue weighted by atomic mass is 10.2. The number of hydrogen-bond acceptors (Lipinski definition) is 7. The SMILES string of the molecule is CN(CCC#N)c1cc2c(s1)-c1sc(/C=C(\C#N)c3nc4ccccc4o3)cc1[Si]21CCC1. The molecule has 4 aromatic rings. The van der Waals surface area contributed by atoms with Crippen LogP contribution in [0.5, 0.6) is 0 Å². The molecule has 1 saturated heterocycles. The molecular weight excluding hydrogens is 465 g/mol. The predicted molar refractivity (Wildman–Crippen MR) is 138 cm³/mol. The number of anilines is 1. The molecule has 5 nitrogen and oxygen atoms in total. The van der Waals surface area contributed by atoms with Crippen LogP contribution in [0.1, 0.15) is 23.6 Å². The molecule has 6 rings (SSSR count). The highest BCUT2D eigenvalue weighted by molar-refractivity contribution is 7.31. The maximum atomic E-state index is 9.83. The largest absolute Gasteiger partial charge is 0.435 e. The Morgan fingerprint density at radius 2 is 1.97 bits per heavy atom. The molecule has 0 N–H and O–H groups in total. The molecular formula is C25H20N4OS2Si. The van der Waals surface area contributed by atoms with E-state index in [9.17, 15) is 5.26 Å². The molecule has 2 aliphatic rings. The first-order valence-corrected chi connectivity index (χ1v) is 15.0. The van der Waals surface area contributed by atoms with Crippen molar-refractivity contribution in [3.8, 4) is 21.9 Å². The van der Waals surface area contributed by atoms with Crippen LogP contribution in [-0.2, 0) is 0 Å². The minimum atomic E-state index is -1.65. The third-order valence-electron chi connectivity index (χ3n) is 6.78. The summed E-state index contributed by atoms with van der Waals surface area (Å²) in [6, 6.07) is 19.5. The topological polar surface area (TPSA) is 76.8 Å². The van der Waals surface area contributed by atoms with Crippen LogP contribution in [0.2, 0.25) is 12.1 Å². The Balaban J connectivity index is 1.40. The van der Waals surface area contributed by atoms with E-state index in [0.29, 0.717) is 23.5 Å². The molecule has 162 valence electrons. The van der Waals surface area contributed by atoms with E-state index in [1.54, 1.807) is 21.7 Å². The first-order chi connectivity index (χ1) is 16.1. The lowest BCUT2D eigenvalue weighted by Gasteiger charge is -2.37. The fourth-order valence-electron chi connectivity index (χ4n) is 4.91. The van der Waals surface area contributed by atoms with Crippen LogP contribution < -0.4 is 15.3 Å². The number of oxazole rings is 1. The van der Waals surface area contributed by atoms with Crippen LogP contribution in [0.4, 0.5) is 5.00 Å². The molecule has 0 aliphatic carbocycles. The fourth-order valence-corrected chi connectivity index (χ4v) is 13.4. The van der Waals surface area contributed by atoms with E-state index < -0.39 is 8.07 Å². The number of nitriles is 2. The summed E-state index contributed by atoms with van der Waals surface area (Å²) in [5, 5.41) is 23.2. The minimum absolute atomic E-state index is 0.376. The van der Waals surface area contributed by atoms with Crippen LogP contribution in [-0.4, -0.2) is 26.7 Å². The van der Waals surface area contributed by atoms with Gasteiger partial charge in [0.2, 0.25) is 5.89 Å². The van der Waals surface area contributed by atoms with Gasteiger partial charge in [0.25, 0.3) is 0 Å². The number of aromatic nitrogens is 1. The predicted octanol–water partition coefficient (Wildman–Crippen LogP) is 5.31. The number of allylic oxidation sites excluding steroid dienone is 1. The van der Waals surface area contributed by atoms with Gasteiger partial charge in [-0.15, -0.1) is 22.7 Å². The molecule has 1 aromatic carbocycles. The van der Waals surface area contributed by atoms with E-state index in [4.69, 9.17) is 9.68 Å². The van der Waals surface area contributed by atoms with Crippen molar-refractivity contribution in [3.63, 3.8) is 0 Å². The monoisotopic (exact) mass is 484 g/mol. The molecule has 5 heterocycles. The zero-order valence-corrected chi connectivity index (χ0v) is 20.7. The average molecular weight is 485 g/mol. The van der Waals surface area contributed by atoms with Gasteiger partial charge in [0, 0.05) is 28.2 Å². The smallest absolute Gasteiger partial charge is 0.238 e. The van der Waals surface area contributed by atoms with Crippen LogP contribution in [0.25, 0.3) is 32.5 Å². The minimum Gasteiger partial charge on any atom is -0.435 e. The number of benzene rings is 1. The second-order valence-corrected chi connectivity index (χ2v) is 15.0. The lowest BCUT2D eigenvalue weighted by molar-refractivity contribution is 0.586. The normalized spacial score (nSPS) is 15.7. The van der Waals surface area contributed by atoms with Gasteiger partial charge in [-0.05, 0) is 52.8 Å². The van der Waals surface area contributed by atoms with Crippen LogP contribution >= 0.6 is 22.7 Å². The average Bonchev–Trinajstić information content (AvgIpc) is 3.54. The van der Waals surface area contributed by atoms with Crippen molar-refractivity contribution in [1.82, 2.24) is 4.98 Å². The zero-order valence-electron chi connectivity index (χ0n) is 18.1. The number of nitrogens with zero attached hydrogens (tertiary/aromatic N) is 4. The van der Waals surface area contributed by atoms with Gasteiger partial charge >= 0.3 is 0 Å². The van der Waals surface area contributed by atoms with Gasteiger partial charge in [0.05, 0.1) is 17.5 Å². The molecule has 8 heteroatoms. The van der Waals surface area contributed by atoms with E-state index in [0.717, 1.165) is 16.9 Å². The first-order valence-electron chi connectivity index (χ1n) is 11.0. The third-order valence-corrected chi connectivity index (χ3v) is 14.9. The third kappa shape index (κ3) is 3.10. The summed E-state index contributed by atoms with van der Waals surface area (Å²) in [7, 11) is 0.434. The highest BCUT2D eigenvalue weighted by Crippen LogP contribution is 2.48. The summed E-state index contributed by atoms with van der Waals surface area (Å²) in [5.41, 5.74) is 1.91. The van der Waals surface area contributed by atoms with Crippen molar-refractivity contribution in [3.05, 3.63) is 47.2 Å². The summed E-state index contributed by atoms with van der Waals surface area (Å²) in [6.07, 6.45) is 3.77. The number of para-hydroxylation sites is 2. The van der Waals surface area contributed by atoms with E-state index in [1.165, 1.54) is 33.3 Å². The molecule has 0 atom stereocenters. The molecule has 0 saturated carbocycles. The standard InChI is InChI=1S/C25H20N4OS2Si/c1-29(9-4-8-26)22-14-21-24(32-22)23-20(33(21)10-5-11-33)13-17(31-23)12-16(15-27)25-28-18-6-2-3-7-19(18)30-25/h2-3,6-7,12-14H,4-5,9-11H2,1H3/b16-12+. The van der Waals surface area contributed by atoms with E-state index in [-0.39, 0.29) is 0 Å². The molecule has 1 spiro atoms. The van der Waals surface area contributed by atoms with E-state index in [2.05, 4.69) is 41.2 Å². The molecule has 0 unspecified atom stereocenters. The Kier molecular flexibility index (Phi) is 4.77. The molecule has 33 heavy (non-hydrogen) atoms. The van der Waals surface area contributed by atoms with Gasteiger partial charge in [0.15, 0.2) is 5.58 Å². The summed E-state index contributed by atoms with van der Waals surface area (Å²) >= 11 is 3.64. The maximum Gasteiger partial charge on any atom is 0.238 e. The van der Waals surface area contributed by atoms with Crippen molar-refractivity contribution in [2.24, 2.45) is 0 Å². The Morgan fingerprint density at radius 1 is 1.18 bits per heavy atom. The Hall–Kier alpha value is -3.17. The number of fused-ring (bicyclic) bond motifs is 6. The van der Waals surface area contributed by atoms with Gasteiger partial charge in [-0.3, -0.25) is 0 Å². The molecule has 0 bridgehead atoms. The van der Waals surface area contributed by atoms with Crippen LogP contribution in [0.15, 0.2) is 40.8 Å². The van der Waals surface area contributed by atoms with Gasteiger partial charge in [-0.2, -0.15) is 10.5 Å². The molecule has 2 aliphatic heterocycles. The maximum absolute atomic E-state index is 9.83. The van der Waals surface area contributed by atoms with Gasteiger partial charge in [0.1, 0.15) is 25.2 Å². The summed E-state index contributed by atoms with van der Waals surface area (Å²) in [6.45, 7) is 0.756. The van der Waals surface area contributed by atoms with Crippen molar-refractivity contribution >= 4 is 68.9 Å². The van der Waals surface area contributed by atoms with Gasteiger partial charge < -0.3 is 9.32 Å². The lowest BCUT2D eigenvalue weighted by Crippen LogP contribution is -2.59. The van der Waals surface area contributed by atoms with Crippen molar-refractivity contribution < 1.29 is 4.42 Å². The molecule has 3 aromatic heterocycles. The highest BCUT2D eigenvalue weighted by atomic mass is 32.1. The van der Waals surface area contributed by atoms with Crippen molar-refractivity contribution in [2.75, 3.05) is 18.5 Å². The van der Waals surface area contributed by atoms with Crippen LogP contribution in [0.3, 0.4) is 0 Å². The summed E-state index contributed by atoms with van der Waals surface area (Å²) < 4.78 is 5.85. The fraction of sp³-hybridized carbons (Fsp3) is 0.240. The number of rotatable bonds is 5. The molecule has 1 fully saturated rings. The molecule has 0 radical (unpaired) electrons. The van der Waals surface area contributed by atoms with Crippen LogP contribution in [0, 0.1) is 22.7 Å². The van der Waals surface area contributed by atoms with Gasteiger partial charge in [-0.1, -0.05) is 18.6 Å². The van der Waals surface area contributed by atoms with Gasteiger partial charge in [-0.25, -0.2) is 4.98 Å². The summed E-state index contributed by atoms with van der Waals surface area (Å²) in [5.74, 6) is 0.376. The zero-order chi connectivity index (χ0) is 22.6. The van der Waals surface area contributed by atoms with Crippen molar-refractivity contribution in [2.45, 2.75) is 24.9 Å². The Morgan fingerprint density at radius 3 is 2.70 bits per heavy atom. The molecule has 0 amide bonds. The Labute approximate surface area is 200 Å². The Bertz CT molecular complexity index is 1480. The van der Waals surface area contributed by atoms with E-state index >= 15 is 0 Å². The highest BCUT2D eigenvalue weighted by Gasteiger charge is 2.52. The first kappa shape index (κ1) is 20.4. The van der Waals surface area contributed by atoms with E-state index in [1.807, 2.05) is 41.7 Å². The van der Waals surface area contributed by atoms with Crippen molar-refractivity contribution in [1.29, 1.82) is 10.5 Å².